The molecule has 5 rings (SSSR count). The lowest BCUT2D eigenvalue weighted by Crippen LogP contribution is -2.47. The maximum atomic E-state index is 14.0. The van der Waals surface area contributed by atoms with Crippen LogP contribution in [0.4, 0.5) is 0 Å². The molecule has 2 aromatic carbocycles. The highest BCUT2D eigenvalue weighted by Gasteiger charge is 2.36. The van der Waals surface area contributed by atoms with E-state index in [1.807, 2.05) is 24.0 Å². The van der Waals surface area contributed by atoms with Crippen LogP contribution in [0.15, 0.2) is 77.1 Å². The SMILES string of the molecule is CCCN(CC(=O)N1CCc2sccc2[C@H]1c1ccc(C(C)(C)C)cc1)S(=O)(=O)c1cccc2cccnc12. The Hall–Kier alpha value is -3.07. The van der Waals surface area contributed by atoms with Gasteiger partial charge in [0.2, 0.25) is 15.9 Å². The van der Waals surface area contributed by atoms with Crippen molar-refractivity contribution in [1.29, 1.82) is 0 Å². The van der Waals surface area contributed by atoms with Crippen molar-refractivity contribution in [2.24, 2.45) is 0 Å². The van der Waals surface area contributed by atoms with Crippen LogP contribution in [-0.4, -0.2) is 48.1 Å². The second-order valence-electron chi connectivity index (χ2n) is 11.1. The molecular weight excluding hydrogens is 526 g/mol. The van der Waals surface area contributed by atoms with E-state index in [0.29, 0.717) is 18.5 Å². The highest BCUT2D eigenvalue weighted by Crippen LogP contribution is 2.39. The van der Waals surface area contributed by atoms with Crippen molar-refractivity contribution >= 4 is 38.2 Å². The van der Waals surface area contributed by atoms with Crippen molar-refractivity contribution in [1.82, 2.24) is 14.2 Å². The maximum absolute atomic E-state index is 14.0. The van der Waals surface area contributed by atoms with Crippen LogP contribution in [0.25, 0.3) is 10.9 Å². The maximum Gasteiger partial charge on any atom is 0.245 e. The van der Waals surface area contributed by atoms with Gasteiger partial charge in [-0.1, -0.05) is 70.2 Å². The predicted molar refractivity (Wildman–Crippen MR) is 158 cm³/mol. The number of nitrogens with zero attached hydrogens (tertiary/aromatic N) is 3. The van der Waals surface area contributed by atoms with Crippen molar-refractivity contribution in [2.75, 3.05) is 19.6 Å². The van der Waals surface area contributed by atoms with Gasteiger partial charge in [-0.05, 0) is 58.5 Å². The van der Waals surface area contributed by atoms with E-state index in [2.05, 4.69) is 61.5 Å². The Morgan fingerprint density at radius 2 is 1.82 bits per heavy atom. The Morgan fingerprint density at radius 3 is 2.54 bits per heavy atom. The molecule has 1 amide bonds. The standard InChI is InChI=1S/C31H35N3O3S2/c1-5-18-33(39(36,37)27-10-6-8-22-9-7-17-32-29(22)27)21-28(35)34-19-15-26-25(16-20-38-26)30(34)23-11-13-24(14-12-23)31(2,3)4/h6-14,16-17,20,30H,5,15,18-19,21H2,1-4H3/t30-/m1/s1. The minimum absolute atomic E-state index is 0.0274. The number of carbonyl (C=O) groups excluding carboxylic acids is 1. The molecule has 1 aliphatic rings. The van der Waals surface area contributed by atoms with Crippen molar-refractivity contribution in [3.63, 3.8) is 0 Å². The molecule has 1 atom stereocenters. The van der Waals surface area contributed by atoms with Gasteiger partial charge in [0, 0.05) is 29.5 Å². The molecule has 0 radical (unpaired) electrons. The fraction of sp³-hybridized carbons (Fsp3) is 0.355. The number of fused-ring (bicyclic) bond motifs is 2. The zero-order valence-electron chi connectivity index (χ0n) is 22.9. The van der Waals surface area contributed by atoms with Crippen molar-refractivity contribution in [3.8, 4) is 0 Å². The number of pyridine rings is 1. The van der Waals surface area contributed by atoms with Gasteiger partial charge in [-0.25, -0.2) is 8.42 Å². The first-order valence-electron chi connectivity index (χ1n) is 13.4. The van der Waals surface area contributed by atoms with E-state index >= 15 is 0 Å². The molecule has 0 unspecified atom stereocenters. The second-order valence-corrected chi connectivity index (χ2v) is 14.0. The molecule has 0 aliphatic carbocycles. The van der Waals surface area contributed by atoms with Gasteiger partial charge in [0.05, 0.1) is 18.1 Å². The zero-order valence-corrected chi connectivity index (χ0v) is 24.6. The summed E-state index contributed by atoms with van der Waals surface area (Å²) in [4.78, 5) is 21.6. The Bertz CT molecular complexity index is 1580. The van der Waals surface area contributed by atoms with Crippen LogP contribution >= 0.6 is 11.3 Å². The summed E-state index contributed by atoms with van der Waals surface area (Å²) >= 11 is 1.72. The molecule has 3 heterocycles. The van der Waals surface area contributed by atoms with Gasteiger partial charge in [0.25, 0.3) is 0 Å². The van der Waals surface area contributed by atoms with Crippen LogP contribution in [0.3, 0.4) is 0 Å². The van der Waals surface area contributed by atoms with Crippen LogP contribution in [0.2, 0.25) is 0 Å². The molecule has 0 spiro atoms. The third-order valence-electron chi connectivity index (χ3n) is 7.38. The second kappa shape index (κ2) is 10.8. The minimum Gasteiger partial charge on any atom is -0.330 e. The Balaban J connectivity index is 1.48. The monoisotopic (exact) mass is 561 g/mol. The highest BCUT2D eigenvalue weighted by molar-refractivity contribution is 7.89. The minimum atomic E-state index is -3.95. The first kappa shape index (κ1) is 27.5. The summed E-state index contributed by atoms with van der Waals surface area (Å²) in [6, 6.07) is 19.1. The average Bonchev–Trinajstić information content (AvgIpc) is 3.40. The van der Waals surface area contributed by atoms with Gasteiger partial charge in [0.15, 0.2) is 0 Å². The highest BCUT2D eigenvalue weighted by atomic mass is 32.2. The molecule has 4 aromatic rings. The number of thiophene rings is 1. The van der Waals surface area contributed by atoms with Gasteiger partial charge < -0.3 is 4.90 Å². The summed E-state index contributed by atoms with van der Waals surface area (Å²) in [6.45, 7) is 9.06. The molecule has 6 nitrogen and oxygen atoms in total. The topological polar surface area (TPSA) is 70.6 Å². The number of hydrogen-bond donors (Lipinski definition) is 0. The van der Waals surface area contributed by atoms with E-state index in [1.165, 1.54) is 14.7 Å². The Morgan fingerprint density at radius 1 is 1.08 bits per heavy atom. The fourth-order valence-corrected chi connectivity index (χ4v) is 7.86. The largest absolute Gasteiger partial charge is 0.330 e. The quantitative estimate of drug-likeness (QED) is 0.271. The first-order chi connectivity index (χ1) is 18.6. The van der Waals surface area contributed by atoms with Gasteiger partial charge in [-0.3, -0.25) is 9.78 Å². The average molecular weight is 562 g/mol. The number of sulfonamides is 1. The van der Waals surface area contributed by atoms with Crippen molar-refractivity contribution in [2.45, 2.75) is 56.9 Å². The lowest BCUT2D eigenvalue weighted by molar-refractivity contribution is -0.133. The molecule has 0 saturated carbocycles. The van der Waals surface area contributed by atoms with E-state index in [-0.39, 0.29) is 35.3 Å². The van der Waals surface area contributed by atoms with Gasteiger partial charge in [0.1, 0.15) is 4.90 Å². The van der Waals surface area contributed by atoms with Crippen LogP contribution in [0.1, 0.15) is 61.7 Å². The third-order valence-corrected chi connectivity index (χ3v) is 10.3. The molecule has 39 heavy (non-hydrogen) atoms. The normalized spacial score (nSPS) is 16.0. The van der Waals surface area contributed by atoms with Gasteiger partial charge in [-0.2, -0.15) is 4.31 Å². The number of aromatic nitrogens is 1. The van der Waals surface area contributed by atoms with E-state index in [9.17, 15) is 13.2 Å². The molecule has 8 heteroatoms. The lowest BCUT2D eigenvalue weighted by Gasteiger charge is -2.37. The molecule has 1 aliphatic heterocycles. The molecule has 0 bridgehead atoms. The van der Waals surface area contributed by atoms with Gasteiger partial charge >= 0.3 is 0 Å². The number of hydrogen-bond acceptors (Lipinski definition) is 5. The van der Waals surface area contributed by atoms with Crippen LogP contribution in [-0.2, 0) is 26.7 Å². The summed E-state index contributed by atoms with van der Waals surface area (Å²) in [5.74, 6) is -0.193. The number of para-hydroxylation sites is 1. The van der Waals surface area contributed by atoms with E-state index in [1.54, 1.807) is 35.7 Å². The summed E-state index contributed by atoms with van der Waals surface area (Å²) < 4.78 is 29.1. The molecule has 0 fully saturated rings. The number of benzene rings is 2. The molecular formula is C31H35N3O3S2. The Kier molecular flexibility index (Phi) is 7.64. The smallest absolute Gasteiger partial charge is 0.245 e. The molecule has 0 N–H and O–H groups in total. The third kappa shape index (κ3) is 5.38. The lowest BCUT2D eigenvalue weighted by atomic mass is 9.85. The fourth-order valence-electron chi connectivity index (χ4n) is 5.31. The first-order valence-corrected chi connectivity index (χ1v) is 15.7. The molecule has 204 valence electrons. The Labute approximate surface area is 235 Å². The summed E-state index contributed by atoms with van der Waals surface area (Å²) in [5, 5.41) is 2.83. The van der Waals surface area contributed by atoms with Crippen LogP contribution < -0.4 is 0 Å². The molecule has 2 aromatic heterocycles. The van der Waals surface area contributed by atoms with Crippen molar-refractivity contribution in [3.05, 3.63) is 93.8 Å². The van der Waals surface area contributed by atoms with Crippen molar-refractivity contribution < 1.29 is 13.2 Å². The summed E-state index contributed by atoms with van der Waals surface area (Å²) in [7, 11) is -3.95. The predicted octanol–water partition coefficient (Wildman–Crippen LogP) is 6.17. The van der Waals surface area contributed by atoms with Crippen LogP contribution in [0.5, 0.6) is 0 Å². The van der Waals surface area contributed by atoms with E-state index in [0.717, 1.165) is 22.9 Å². The number of carbonyl (C=O) groups is 1. The summed E-state index contributed by atoms with van der Waals surface area (Å²) in [6.07, 6.45) is 2.96. The number of amides is 1. The molecule has 0 saturated heterocycles. The van der Waals surface area contributed by atoms with E-state index in [4.69, 9.17) is 0 Å². The summed E-state index contributed by atoms with van der Waals surface area (Å²) in [5.41, 5.74) is 3.85. The number of rotatable bonds is 7. The van der Waals surface area contributed by atoms with Gasteiger partial charge in [-0.15, -0.1) is 11.3 Å². The zero-order chi connectivity index (χ0) is 27.8. The van der Waals surface area contributed by atoms with E-state index < -0.39 is 10.0 Å². The van der Waals surface area contributed by atoms with Crippen LogP contribution in [0, 0.1) is 0 Å².